The quantitative estimate of drug-likeness (QED) is 0.303. The monoisotopic (exact) mass is 469 g/mol. The molecule has 170 valence electrons. The molecule has 0 saturated heterocycles. The molecule has 0 aliphatic heterocycles. The molecular formula is C29H24ClNO3. The molecule has 0 bridgehead atoms. The predicted octanol–water partition coefficient (Wildman–Crippen LogP) is 6.48. The summed E-state index contributed by atoms with van der Waals surface area (Å²) in [6.07, 6.45) is 5.72. The summed E-state index contributed by atoms with van der Waals surface area (Å²) in [5.74, 6) is -0.528. The van der Waals surface area contributed by atoms with Crippen LogP contribution in [0, 0.1) is 6.92 Å². The molecule has 0 fully saturated rings. The average Bonchev–Trinajstić information content (AvgIpc) is 2.86. The molecule has 0 atom stereocenters. The molecule has 5 heteroatoms. The maximum absolute atomic E-state index is 13.9. The summed E-state index contributed by atoms with van der Waals surface area (Å²) in [4.78, 5) is 26.5. The lowest BCUT2D eigenvalue weighted by Crippen LogP contribution is -2.24. The number of methoxy groups -OCH3 is 1. The second-order valence-electron chi connectivity index (χ2n) is 7.94. The second kappa shape index (κ2) is 10.4. The number of carbonyl (C=O) groups is 1. The number of esters is 1. The lowest BCUT2D eigenvalue weighted by molar-refractivity contribution is 0.0601. The molecule has 3 aromatic carbocycles. The molecule has 0 amide bonds. The lowest BCUT2D eigenvalue weighted by Gasteiger charge is -2.17. The van der Waals surface area contributed by atoms with E-state index in [0.717, 1.165) is 22.3 Å². The van der Waals surface area contributed by atoms with Crippen LogP contribution in [0.5, 0.6) is 0 Å². The van der Waals surface area contributed by atoms with Crippen LogP contribution in [0.2, 0.25) is 5.02 Å². The molecule has 0 aliphatic carbocycles. The fraction of sp³-hybridized carbons (Fsp3) is 0.103. The van der Waals surface area contributed by atoms with Gasteiger partial charge in [-0.2, -0.15) is 0 Å². The highest BCUT2D eigenvalue weighted by molar-refractivity contribution is 6.31. The van der Waals surface area contributed by atoms with Crippen LogP contribution < -0.4 is 5.56 Å². The van der Waals surface area contributed by atoms with Gasteiger partial charge < -0.3 is 9.30 Å². The Kier molecular flexibility index (Phi) is 7.09. The Hall–Kier alpha value is -3.89. The van der Waals surface area contributed by atoms with Crippen LogP contribution in [0.1, 0.15) is 32.6 Å². The van der Waals surface area contributed by atoms with Crippen molar-refractivity contribution in [3.05, 3.63) is 128 Å². The van der Waals surface area contributed by atoms with Crippen LogP contribution in [0.4, 0.5) is 0 Å². The number of benzene rings is 3. The molecule has 4 rings (SSSR count). The summed E-state index contributed by atoms with van der Waals surface area (Å²) in [6, 6.07) is 24.5. The van der Waals surface area contributed by atoms with Gasteiger partial charge in [0.1, 0.15) is 0 Å². The van der Waals surface area contributed by atoms with Gasteiger partial charge >= 0.3 is 5.97 Å². The van der Waals surface area contributed by atoms with Crippen molar-refractivity contribution in [1.82, 2.24) is 4.57 Å². The summed E-state index contributed by atoms with van der Waals surface area (Å²) in [5.41, 5.74) is 4.56. The number of aryl methyl sites for hydroxylation is 1. The Balaban J connectivity index is 1.97. The zero-order valence-electron chi connectivity index (χ0n) is 19.0. The molecule has 4 nitrogen and oxygen atoms in total. The number of hydrogen-bond donors (Lipinski definition) is 0. The van der Waals surface area contributed by atoms with Crippen LogP contribution in [0.3, 0.4) is 0 Å². The Bertz CT molecular complexity index is 1410. The maximum atomic E-state index is 13.9. The van der Waals surface area contributed by atoms with Crippen LogP contribution in [0.25, 0.3) is 23.3 Å². The average molecular weight is 470 g/mol. The van der Waals surface area contributed by atoms with E-state index in [9.17, 15) is 9.59 Å². The first-order chi connectivity index (χ1) is 16.5. The number of hydrogen-bond acceptors (Lipinski definition) is 3. The van der Waals surface area contributed by atoms with Crippen molar-refractivity contribution in [2.24, 2.45) is 0 Å². The molecule has 4 aromatic rings. The first-order valence-electron chi connectivity index (χ1n) is 10.9. The number of aromatic nitrogens is 1. The van der Waals surface area contributed by atoms with Gasteiger partial charge in [-0.1, -0.05) is 84.4 Å². The molecule has 1 heterocycles. The largest absolute Gasteiger partial charge is 0.465 e. The van der Waals surface area contributed by atoms with Crippen molar-refractivity contribution >= 4 is 29.7 Å². The molecule has 1 aromatic heterocycles. The van der Waals surface area contributed by atoms with E-state index in [0.29, 0.717) is 22.7 Å². The molecule has 0 spiro atoms. The fourth-order valence-corrected chi connectivity index (χ4v) is 4.12. The molecule has 0 saturated carbocycles. The van der Waals surface area contributed by atoms with Gasteiger partial charge in [0.15, 0.2) is 0 Å². The first-order valence-corrected chi connectivity index (χ1v) is 11.2. The Morgan fingerprint density at radius 2 is 1.65 bits per heavy atom. The smallest absolute Gasteiger partial charge is 0.338 e. The van der Waals surface area contributed by atoms with Crippen molar-refractivity contribution in [1.29, 1.82) is 0 Å². The van der Waals surface area contributed by atoms with Crippen LogP contribution in [0.15, 0.2) is 89.9 Å². The van der Waals surface area contributed by atoms with Crippen molar-refractivity contribution < 1.29 is 9.53 Å². The topological polar surface area (TPSA) is 48.3 Å². The zero-order chi connectivity index (χ0) is 24.1. The minimum absolute atomic E-state index is 0.213. The van der Waals surface area contributed by atoms with Crippen molar-refractivity contribution in [3.8, 4) is 11.1 Å². The number of nitrogens with zero attached hydrogens (tertiary/aromatic N) is 1. The standard InChI is InChI=1S/C29H24ClNO3/c1-20-18-31(19-22-11-7-4-8-12-22)28(32)27(24(20)15-13-21-9-5-3-6-10-21)26-17-23(30)14-16-25(26)29(33)34-2/h3-18H,19H2,1-2H3/b15-13+. The number of carbonyl (C=O) groups excluding carboxylic acids is 1. The minimum Gasteiger partial charge on any atom is -0.465 e. The van der Waals surface area contributed by atoms with E-state index in [1.165, 1.54) is 7.11 Å². The number of rotatable bonds is 6. The molecule has 0 aliphatic rings. The van der Waals surface area contributed by atoms with E-state index in [1.807, 2.05) is 85.9 Å². The third kappa shape index (κ3) is 5.03. The van der Waals surface area contributed by atoms with Crippen LogP contribution in [-0.2, 0) is 11.3 Å². The predicted molar refractivity (Wildman–Crippen MR) is 138 cm³/mol. The highest BCUT2D eigenvalue weighted by atomic mass is 35.5. The zero-order valence-corrected chi connectivity index (χ0v) is 19.8. The number of ether oxygens (including phenoxy) is 1. The van der Waals surface area contributed by atoms with Gasteiger partial charge in [-0.25, -0.2) is 4.79 Å². The van der Waals surface area contributed by atoms with Crippen molar-refractivity contribution in [3.63, 3.8) is 0 Å². The Morgan fingerprint density at radius 3 is 2.32 bits per heavy atom. The highest BCUT2D eigenvalue weighted by Gasteiger charge is 2.21. The molecule has 34 heavy (non-hydrogen) atoms. The van der Waals surface area contributed by atoms with Gasteiger partial charge in [0.05, 0.1) is 24.8 Å². The summed E-state index contributed by atoms with van der Waals surface area (Å²) in [5, 5.41) is 0.427. The van der Waals surface area contributed by atoms with E-state index in [2.05, 4.69) is 0 Å². The van der Waals surface area contributed by atoms with E-state index in [4.69, 9.17) is 16.3 Å². The van der Waals surface area contributed by atoms with Gasteiger partial charge in [-0.15, -0.1) is 0 Å². The normalized spacial score (nSPS) is 11.0. The van der Waals surface area contributed by atoms with Gasteiger partial charge in [-0.3, -0.25) is 4.79 Å². The van der Waals surface area contributed by atoms with Crippen LogP contribution in [-0.4, -0.2) is 17.6 Å². The Labute approximate surface area is 203 Å². The van der Waals surface area contributed by atoms with Crippen molar-refractivity contribution in [2.75, 3.05) is 7.11 Å². The summed E-state index contributed by atoms with van der Waals surface area (Å²) in [7, 11) is 1.32. The van der Waals surface area contributed by atoms with Gasteiger partial charge in [0.2, 0.25) is 0 Å². The van der Waals surface area contributed by atoms with Crippen LogP contribution >= 0.6 is 11.6 Å². The molecule has 0 N–H and O–H groups in total. The maximum Gasteiger partial charge on any atom is 0.338 e. The number of pyridine rings is 1. The lowest BCUT2D eigenvalue weighted by atomic mass is 9.93. The van der Waals surface area contributed by atoms with E-state index >= 15 is 0 Å². The first kappa shape index (κ1) is 23.3. The summed E-state index contributed by atoms with van der Waals surface area (Å²) in [6.45, 7) is 2.36. The summed E-state index contributed by atoms with van der Waals surface area (Å²) < 4.78 is 6.66. The molecule has 0 unspecified atom stereocenters. The van der Waals surface area contributed by atoms with Gasteiger partial charge in [0, 0.05) is 16.8 Å². The highest BCUT2D eigenvalue weighted by Crippen LogP contribution is 2.31. The molecular weight excluding hydrogens is 446 g/mol. The Morgan fingerprint density at radius 1 is 0.971 bits per heavy atom. The molecule has 0 radical (unpaired) electrons. The van der Waals surface area contributed by atoms with Crippen molar-refractivity contribution in [2.45, 2.75) is 13.5 Å². The van der Waals surface area contributed by atoms with E-state index < -0.39 is 5.97 Å². The second-order valence-corrected chi connectivity index (χ2v) is 8.38. The third-order valence-corrected chi connectivity index (χ3v) is 5.85. The summed E-state index contributed by atoms with van der Waals surface area (Å²) >= 11 is 6.32. The third-order valence-electron chi connectivity index (χ3n) is 5.61. The van der Waals surface area contributed by atoms with Gasteiger partial charge in [-0.05, 0) is 47.4 Å². The van der Waals surface area contributed by atoms with E-state index in [1.54, 1.807) is 22.8 Å². The number of halogens is 1. The van der Waals surface area contributed by atoms with Gasteiger partial charge in [0.25, 0.3) is 5.56 Å². The fourth-order valence-electron chi connectivity index (χ4n) is 3.95. The minimum atomic E-state index is -0.528. The van der Waals surface area contributed by atoms with E-state index in [-0.39, 0.29) is 11.1 Å². The SMILES string of the molecule is COC(=O)c1ccc(Cl)cc1-c1c(/C=C/c2ccccc2)c(C)cn(Cc2ccccc2)c1=O.